The van der Waals surface area contributed by atoms with Gasteiger partial charge in [-0.05, 0) is 32.4 Å². The maximum atomic E-state index is 13.8. The SMILES string of the molecule is CCCNC(=O)C(C)NC(C)c1ccc(Br)cc1F. The number of hydrogen-bond donors (Lipinski definition) is 2. The van der Waals surface area contributed by atoms with E-state index in [1.807, 2.05) is 13.8 Å². The average Bonchev–Trinajstić information content (AvgIpc) is 2.35. The molecule has 1 aromatic rings. The molecule has 2 unspecified atom stereocenters. The van der Waals surface area contributed by atoms with Gasteiger partial charge in [-0.3, -0.25) is 10.1 Å². The molecule has 0 aliphatic carbocycles. The topological polar surface area (TPSA) is 41.1 Å². The summed E-state index contributed by atoms with van der Waals surface area (Å²) in [5.41, 5.74) is 0.554. The Morgan fingerprint density at radius 1 is 1.42 bits per heavy atom. The quantitative estimate of drug-likeness (QED) is 0.841. The zero-order chi connectivity index (χ0) is 14.4. The van der Waals surface area contributed by atoms with Gasteiger partial charge in [-0.25, -0.2) is 4.39 Å². The van der Waals surface area contributed by atoms with Crippen LogP contribution in [0.5, 0.6) is 0 Å². The Kier molecular flexibility index (Phi) is 6.45. The van der Waals surface area contributed by atoms with Crippen molar-refractivity contribution in [2.45, 2.75) is 39.3 Å². The Bertz CT molecular complexity index is 439. The number of rotatable bonds is 6. The predicted octanol–water partition coefficient (Wildman–Crippen LogP) is 3.15. The van der Waals surface area contributed by atoms with Crippen LogP contribution in [0.3, 0.4) is 0 Å². The molecule has 0 bridgehead atoms. The van der Waals surface area contributed by atoms with Crippen molar-refractivity contribution in [1.82, 2.24) is 10.6 Å². The molecule has 1 amide bonds. The molecule has 1 rings (SSSR count). The summed E-state index contributed by atoms with van der Waals surface area (Å²) in [4.78, 5) is 11.7. The van der Waals surface area contributed by atoms with Gasteiger partial charge in [0.1, 0.15) is 5.82 Å². The van der Waals surface area contributed by atoms with E-state index in [2.05, 4.69) is 26.6 Å². The number of amides is 1. The number of carbonyl (C=O) groups excluding carboxylic acids is 1. The minimum Gasteiger partial charge on any atom is -0.355 e. The summed E-state index contributed by atoms with van der Waals surface area (Å²) in [7, 11) is 0. The Balaban J connectivity index is 2.63. The van der Waals surface area contributed by atoms with Gasteiger partial charge >= 0.3 is 0 Å². The third-order valence-corrected chi connectivity index (χ3v) is 3.36. The first-order valence-electron chi connectivity index (χ1n) is 6.44. The third-order valence-electron chi connectivity index (χ3n) is 2.87. The van der Waals surface area contributed by atoms with E-state index >= 15 is 0 Å². The molecule has 1 aromatic carbocycles. The molecular formula is C14H20BrFN2O. The maximum absolute atomic E-state index is 13.8. The fraction of sp³-hybridized carbons (Fsp3) is 0.500. The molecule has 0 radical (unpaired) electrons. The molecule has 0 aliphatic heterocycles. The molecule has 0 aromatic heterocycles. The molecule has 106 valence electrons. The number of carbonyl (C=O) groups is 1. The smallest absolute Gasteiger partial charge is 0.236 e. The molecular weight excluding hydrogens is 311 g/mol. The van der Waals surface area contributed by atoms with Crippen molar-refractivity contribution in [1.29, 1.82) is 0 Å². The van der Waals surface area contributed by atoms with Crippen LogP contribution in [0.25, 0.3) is 0 Å². The van der Waals surface area contributed by atoms with Gasteiger partial charge in [0.15, 0.2) is 0 Å². The van der Waals surface area contributed by atoms with Gasteiger partial charge in [0.2, 0.25) is 5.91 Å². The van der Waals surface area contributed by atoms with Crippen molar-refractivity contribution in [2.75, 3.05) is 6.54 Å². The minimum absolute atomic E-state index is 0.0637. The van der Waals surface area contributed by atoms with E-state index in [0.717, 1.165) is 6.42 Å². The molecule has 0 spiro atoms. The molecule has 2 N–H and O–H groups in total. The number of halogens is 2. The van der Waals surface area contributed by atoms with Crippen molar-refractivity contribution in [3.05, 3.63) is 34.1 Å². The fourth-order valence-electron chi connectivity index (χ4n) is 1.79. The van der Waals surface area contributed by atoms with Crippen LogP contribution in [-0.2, 0) is 4.79 Å². The van der Waals surface area contributed by atoms with Crippen LogP contribution in [0, 0.1) is 5.82 Å². The van der Waals surface area contributed by atoms with Crippen molar-refractivity contribution in [3.8, 4) is 0 Å². The van der Waals surface area contributed by atoms with E-state index in [4.69, 9.17) is 0 Å². The average molecular weight is 331 g/mol. The first-order valence-corrected chi connectivity index (χ1v) is 7.23. The van der Waals surface area contributed by atoms with Gasteiger partial charge in [0, 0.05) is 22.6 Å². The second-order valence-electron chi connectivity index (χ2n) is 4.57. The lowest BCUT2D eigenvalue weighted by atomic mass is 10.1. The van der Waals surface area contributed by atoms with Crippen molar-refractivity contribution in [2.24, 2.45) is 0 Å². The van der Waals surface area contributed by atoms with Crippen molar-refractivity contribution >= 4 is 21.8 Å². The third kappa shape index (κ3) is 4.91. The Morgan fingerprint density at radius 3 is 2.68 bits per heavy atom. The fourth-order valence-corrected chi connectivity index (χ4v) is 2.13. The zero-order valence-corrected chi connectivity index (χ0v) is 13.1. The number of hydrogen-bond acceptors (Lipinski definition) is 2. The summed E-state index contributed by atoms with van der Waals surface area (Å²) < 4.78 is 14.5. The van der Waals surface area contributed by atoms with Crippen LogP contribution >= 0.6 is 15.9 Å². The predicted molar refractivity (Wildman–Crippen MR) is 78.4 cm³/mol. The first-order chi connectivity index (χ1) is 8.95. The molecule has 2 atom stereocenters. The van der Waals surface area contributed by atoms with E-state index in [1.165, 1.54) is 6.07 Å². The van der Waals surface area contributed by atoms with E-state index in [9.17, 15) is 9.18 Å². The highest BCUT2D eigenvalue weighted by atomic mass is 79.9. The van der Waals surface area contributed by atoms with E-state index < -0.39 is 0 Å². The van der Waals surface area contributed by atoms with Crippen LogP contribution in [0.15, 0.2) is 22.7 Å². The maximum Gasteiger partial charge on any atom is 0.236 e. The lowest BCUT2D eigenvalue weighted by Gasteiger charge is -2.20. The summed E-state index contributed by atoms with van der Waals surface area (Å²) in [6, 6.07) is 4.35. The molecule has 0 aliphatic rings. The van der Waals surface area contributed by atoms with Crippen molar-refractivity contribution < 1.29 is 9.18 Å². The van der Waals surface area contributed by atoms with Crippen molar-refractivity contribution in [3.63, 3.8) is 0 Å². The highest BCUT2D eigenvalue weighted by Gasteiger charge is 2.17. The van der Waals surface area contributed by atoms with Crippen LogP contribution in [0.4, 0.5) is 4.39 Å². The molecule has 0 saturated heterocycles. The summed E-state index contributed by atoms with van der Waals surface area (Å²) in [5.74, 6) is -0.346. The van der Waals surface area contributed by atoms with E-state index in [0.29, 0.717) is 16.6 Å². The van der Waals surface area contributed by atoms with Crippen LogP contribution in [-0.4, -0.2) is 18.5 Å². The Morgan fingerprint density at radius 2 is 2.11 bits per heavy atom. The van der Waals surface area contributed by atoms with Gasteiger partial charge in [-0.2, -0.15) is 0 Å². The highest BCUT2D eigenvalue weighted by molar-refractivity contribution is 9.10. The monoisotopic (exact) mass is 330 g/mol. The van der Waals surface area contributed by atoms with Gasteiger partial charge < -0.3 is 5.32 Å². The summed E-state index contributed by atoms with van der Waals surface area (Å²) in [5, 5.41) is 5.91. The van der Waals surface area contributed by atoms with Crippen LogP contribution < -0.4 is 10.6 Å². The zero-order valence-electron chi connectivity index (χ0n) is 11.5. The molecule has 19 heavy (non-hydrogen) atoms. The van der Waals surface area contributed by atoms with Gasteiger partial charge in [0.05, 0.1) is 6.04 Å². The molecule has 0 fully saturated rings. The lowest BCUT2D eigenvalue weighted by Crippen LogP contribution is -2.43. The molecule has 3 nitrogen and oxygen atoms in total. The van der Waals surface area contributed by atoms with Gasteiger partial charge in [0.25, 0.3) is 0 Å². The molecule has 0 saturated carbocycles. The second-order valence-corrected chi connectivity index (χ2v) is 5.48. The van der Waals surface area contributed by atoms with Gasteiger partial charge in [-0.15, -0.1) is 0 Å². The highest BCUT2D eigenvalue weighted by Crippen LogP contribution is 2.21. The van der Waals surface area contributed by atoms with E-state index in [-0.39, 0.29) is 23.8 Å². The molecule has 0 heterocycles. The Labute approximate surface area is 122 Å². The van der Waals surface area contributed by atoms with Crippen LogP contribution in [0.2, 0.25) is 0 Å². The second kappa shape index (κ2) is 7.60. The van der Waals surface area contributed by atoms with Gasteiger partial charge in [-0.1, -0.05) is 28.9 Å². The van der Waals surface area contributed by atoms with Crippen LogP contribution in [0.1, 0.15) is 38.8 Å². The standard InChI is InChI=1S/C14H20BrFN2O/c1-4-7-17-14(19)10(3)18-9(2)12-6-5-11(15)8-13(12)16/h5-6,8-10,18H,4,7H2,1-3H3,(H,17,19). The first kappa shape index (κ1) is 16.1. The largest absolute Gasteiger partial charge is 0.355 e. The lowest BCUT2D eigenvalue weighted by molar-refractivity contribution is -0.122. The minimum atomic E-state index is -0.357. The Hall–Kier alpha value is -0.940. The number of nitrogens with one attached hydrogen (secondary N) is 2. The normalized spacial score (nSPS) is 13.9. The molecule has 5 heteroatoms. The summed E-state index contributed by atoms with van der Waals surface area (Å²) >= 11 is 3.22. The summed E-state index contributed by atoms with van der Waals surface area (Å²) in [6.07, 6.45) is 0.898. The van der Waals surface area contributed by atoms with E-state index in [1.54, 1.807) is 19.1 Å². The number of benzene rings is 1. The summed E-state index contributed by atoms with van der Waals surface area (Å²) in [6.45, 7) is 6.28.